The molecule has 1 aromatic rings. The van der Waals surface area contributed by atoms with Crippen LogP contribution in [-0.4, -0.2) is 19.7 Å². The molecule has 0 amide bonds. The molecule has 4 heteroatoms. The van der Waals surface area contributed by atoms with Crippen molar-refractivity contribution in [2.45, 2.75) is 19.8 Å². The molecule has 0 unspecified atom stereocenters. The number of rotatable bonds is 7. The van der Waals surface area contributed by atoms with Gasteiger partial charge in [0.1, 0.15) is 17.4 Å². The van der Waals surface area contributed by atoms with Crippen LogP contribution >= 0.6 is 23.2 Å². The van der Waals surface area contributed by atoms with Crippen molar-refractivity contribution in [2.75, 3.05) is 19.7 Å². The van der Waals surface area contributed by atoms with Gasteiger partial charge < -0.3 is 10.1 Å². The minimum atomic E-state index is 0.484. The van der Waals surface area contributed by atoms with Gasteiger partial charge in [-0.2, -0.15) is 0 Å². The molecule has 1 N–H and O–H groups in total. The molecule has 0 saturated carbocycles. The van der Waals surface area contributed by atoms with Gasteiger partial charge in [0.2, 0.25) is 0 Å². The highest BCUT2D eigenvalue weighted by Gasteiger charge is 2.04. The van der Waals surface area contributed by atoms with Gasteiger partial charge in [0.25, 0.3) is 0 Å². The van der Waals surface area contributed by atoms with E-state index in [0.717, 1.165) is 13.1 Å². The molecule has 0 bridgehead atoms. The molecule has 1 rings (SSSR count). The van der Waals surface area contributed by atoms with E-state index in [1.165, 1.54) is 12.8 Å². The quantitative estimate of drug-likeness (QED) is 0.755. The van der Waals surface area contributed by atoms with Crippen LogP contribution in [0.15, 0.2) is 18.2 Å². The van der Waals surface area contributed by atoms with Crippen LogP contribution in [0.1, 0.15) is 19.8 Å². The Morgan fingerprint density at radius 1 is 1.25 bits per heavy atom. The van der Waals surface area contributed by atoms with Crippen molar-refractivity contribution in [2.24, 2.45) is 0 Å². The molecule has 0 atom stereocenters. The fourth-order valence-electron chi connectivity index (χ4n) is 1.26. The van der Waals surface area contributed by atoms with Gasteiger partial charge in [0, 0.05) is 6.54 Å². The number of unbranched alkanes of at least 4 members (excludes halogenated alkanes) is 1. The maximum Gasteiger partial charge on any atom is 0.139 e. The summed E-state index contributed by atoms with van der Waals surface area (Å²) in [6, 6.07) is 5.39. The first-order chi connectivity index (χ1) is 7.75. The Kier molecular flexibility index (Phi) is 6.62. The normalized spacial score (nSPS) is 10.4. The van der Waals surface area contributed by atoms with Crippen molar-refractivity contribution in [3.05, 3.63) is 28.2 Å². The smallest absolute Gasteiger partial charge is 0.139 e. The molecule has 0 heterocycles. The Morgan fingerprint density at radius 2 is 2.06 bits per heavy atom. The molecule has 1 aromatic carbocycles. The van der Waals surface area contributed by atoms with Crippen LogP contribution in [0.5, 0.6) is 5.75 Å². The number of ether oxygens (including phenoxy) is 1. The van der Waals surface area contributed by atoms with E-state index in [0.29, 0.717) is 22.4 Å². The van der Waals surface area contributed by atoms with Crippen LogP contribution < -0.4 is 10.1 Å². The highest BCUT2D eigenvalue weighted by molar-refractivity contribution is 6.42. The van der Waals surface area contributed by atoms with Gasteiger partial charge in [-0.1, -0.05) is 42.6 Å². The lowest BCUT2D eigenvalue weighted by molar-refractivity contribution is 0.314. The third kappa shape index (κ3) is 4.60. The minimum Gasteiger partial charge on any atom is -0.491 e. The molecular weight excluding hydrogens is 245 g/mol. The van der Waals surface area contributed by atoms with E-state index in [2.05, 4.69) is 12.2 Å². The lowest BCUT2D eigenvalue weighted by Gasteiger charge is -2.09. The molecule has 0 saturated heterocycles. The van der Waals surface area contributed by atoms with Crippen LogP contribution in [-0.2, 0) is 0 Å². The van der Waals surface area contributed by atoms with Gasteiger partial charge in [0.15, 0.2) is 0 Å². The van der Waals surface area contributed by atoms with E-state index >= 15 is 0 Å². The van der Waals surface area contributed by atoms with E-state index in [1.54, 1.807) is 6.07 Å². The average molecular weight is 262 g/mol. The fraction of sp³-hybridized carbons (Fsp3) is 0.500. The topological polar surface area (TPSA) is 21.3 Å². The molecule has 16 heavy (non-hydrogen) atoms. The number of benzene rings is 1. The zero-order valence-corrected chi connectivity index (χ0v) is 10.9. The number of nitrogens with one attached hydrogen (secondary N) is 1. The van der Waals surface area contributed by atoms with Crippen molar-refractivity contribution < 1.29 is 4.74 Å². The summed E-state index contributed by atoms with van der Waals surface area (Å²) in [7, 11) is 0. The van der Waals surface area contributed by atoms with E-state index in [4.69, 9.17) is 27.9 Å². The maximum atomic E-state index is 5.98. The lowest BCUT2D eigenvalue weighted by atomic mass is 10.3. The second-order valence-corrected chi connectivity index (χ2v) is 4.29. The van der Waals surface area contributed by atoms with Crippen molar-refractivity contribution in [1.82, 2.24) is 5.32 Å². The molecular formula is C12H17Cl2NO. The second-order valence-electron chi connectivity index (χ2n) is 3.50. The summed E-state index contributed by atoms with van der Waals surface area (Å²) >= 11 is 11.8. The Morgan fingerprint density at radius 3 is 2.81 bits per heavy atom. The molecule has 90 valence electrons. The zero-order valence-electron chi connectivity index (χ0n) is 9.43. The monoisotopic (exact) mass is 261 g/mol. The number of hydrogen-bond acceptors (Lipinski definition) is 2. The standard InChI is InChI=1S/C12H17Cl2NO/c1-2-3-7-15-8-9-16-11-6-4-5-10(13)12(11)14/h4-6,15H,2-3,7-9H2,1H3. The van der Waals surface area contributed by atoms with Gasteiger partial charge in [-0.3, -0.25) is 0 Å². The first kappa shape index (κ1) is 13.6. The van der Waals surface area contributed by atoms with E-state index < -0.39 is 0 Å². The molecule has 2 nitrogen and oxygen atoms in total. The van der Waals surface area contributed by atoms with E-state index in [1.807, 2.05) is 12.1 Å². The lowest BCUT2D eigenvalue weighted by Crippen LogP contribution is -2.22. The van der Waals surface area contributed by atoms with Gasteiger partial charge in [-0.25, -0.2) is 0 Å². The van der Waals surface area contributed by atoms with Gasteiger partial charge >= 0.3 is 0 Å². The SMILES string of the molecule is CCCCNCCOc1cccc(Cl)c1Cl. The Hall–Kier alpha value is -0.440. The number of hydrogen-bond donors (Lipinski definition) is 1. The van der Waals surface area contributed by atoms with Crippen molar-refractivity contribution in [3.8, 4) is 5.75 Å². The summed E-state index contributed by atoms with van der Waals surface area (Å²) in [5.74, 6) is 0.645. The molecule has 0 fully saturated rings. The third-order valence-corrected chi connectivity index (χ3v) is 2.96. The van der Waals surface area contributed by atoms with Gasteiger partial charge in [-0.05, 0) is 25.1 Å². The summed E-state index contributed by atoms with van der Waals surface area (Å²) in [6.07, 6.45) is 2.39. The van der Waals surface area contributed by atoms with E-state index in [9.17, 15) is 0 Å². The van der Waals surface area contributed by atoms with Crippen molar-refractivity contribution in [1.29, 1.82) is 0 Å². The molecule has 0 aromatic heterocycles. The van der Waals surface area contributed by atoms with Gasteiger partial charge in [-0.15, -0.1) is 0 Å². The van der Waals surface area contributed by atoms with Crippen molar-refractivity contribution in [3.63, 3.8) is 0 Å². The van der Waals surface area contributed by atoms with Crippen LogP contribution in [0.25, 0.3) is 0 Å². The summed E-state index contributed by atoms with van der Waals surface area (Å²) in [6.45, 7) is 4.62. The number of halogens is 2. The predicted molar refractivity (Wildman–Crippen MR) is 69.7 cm³/mol. The largest absolute Gasteiger partial charge is 0.491 e. The first-order valence-electron chi connectivity index (χ1n) is 5.53. The highest BCUT2D eigenvalue weighted by Crippen LogP contribution is 2.31. The third-order valence-electron chi connectivity index (χ3n) is 2.16. The summed E-state index contributed by atoms with van der Waals surface area (Å²) in [4.78, 5) is 0. The van der Waals surface area contributed by atoms with Crippen LogP contribution in [0.3, 0.4) is 0 Å². The van der Waals surface area contributed by atoms with Gasteiger partial charge in [0.05, 0.1) is 5.02 Å². The summed E-state index contributed by atoms with van der Waals surface area (Å²) < 4.78 is 5.52. The molecule has 0 spiro atoms. The average Bonchev–Trinajstić information content (AvgIpc) is 2.29. The van der Waals surface area contributed by atoms with Crippen molar-refractivity contribution >= 4 is 23.2 Å². The first-order valence-corrected chi connectivity index (χ1v) is 6.28. The Bertz CT molecular complexity index is 318. The summed E-state index contributed by atoms with van der Waals surface area (Å²) in [5, 5.41) is 4.30. The predicted octanol–water partition coefficient (Wildman–Crippen LogP) is 3.76. The highest BCUT2D eigenvalue weighted by atomic mass is 35.5. The van der Waals surface area contributed by atoms with Crippen LogP contribution in [0, 0.1) is 0 Å². The summed E-state index contributed by atoms with van der Waals surface area (Å²) in [5.41, 5.74) is 0. The maximum absolute atomic E-state index is 5.98. The molecule has 0 aliphatic rings. The minimum absolute atomic E-state index is 0.484. The van der Waals surface area contributed by atoms with E-state index in [-0.39, 0.29) is 0 Å². The van der Waals surface area contributed by atoms with Crippen LogP contribution in [0.2, 0.25) is 10.0 Å². The fourth-order valence-corrected chi connectivity index (χ4v) is 1.60. The molecule has 0 aliphatic carbocycles. The van der Waals surface area contributed by atoms with Crippen LogP contribution in [0.4, 0.5) is 0 Å². The second kappa shape index (κ2) is 7.77. The zero-order chi connectivity index (χ0) is 11.8. The molecule has 0 radical (unpaired) electrons. The Balaban J connectivity index is 2.24. The Labute approximate surface area is 107 Å². The molecule has 0 aliphatic heterocycles.